The van der Waals surface area contributed by atoms with Crippen molar-refractivity contribution in [3.63, 3.8) is 0 Å². The van der Waals surface area contributed by atoms with E-state index in [-0.39, 0.29) is 6.04 Å². The van der Waals surface area contributed by atoms with Crippen LogP contribution in [0, 0.1) is 0 Å². The zero-order valence-corrected chi connectivity index (χ0v) is 11.7. The van der Waals surface area contributed by atoms with Crippen LogP contribution in [0.4, 0.5) is 0 Å². The third-order valence-corrected chi connectivity index (χ3v) is 3.19. The molecule has 4 N–H and O–H groups in total. The van der Waals surface area contributed by atoms with Crippen LogP contribution < -0.4 is 11.5 Å². The molecule has 0 rings (SSSR count). The van der Waals surface area contributed by atoms with Gasteiger partial charge in [0.1, 0.15) is 0 Å². The van der Waals surface area contributed by atoms with Gasteiger partial charge in [-0.3, -0.25) is 9.69 Å². The third kappa shape index (κ3) is 5.02. The summed E-state index contributed by atoms with van der Waals surface area (Å²) in [7, 11) is 1.69. The molecule has 0 spiro atoms. The van der Waals surface area contributed by atoms with Crippen molar-refractivity contribution in [3.05, 3.63) is 0 Å². The van der Waals surface area contributed by atoms with Crippen molar-refractivity contribution < 1.29 is 9.53 Å². The minimum Gasteiger partial charge on any atom is -0.383 e. The zero-order chi connectivity index (χ0) is 13.6. The average molecular weight is 245 g/mol. The maximum absolute atomic E-state index is 11.2. The van der Waals surface area contributed by atoms with E-state index in [0.29, 0.717) is 19.1 Å². The highest BCUT2D eigenvalue weighted by Crippen LogP contribution is 2.16. The second-order valence-corrected chi connectivity index (χ2v) is 4.97. The van der Waals surface area contributed by atoms with Crippen LogP contribution >= 0.6 is 0 Å². The molecule has 0 radical (unpaired) electrons. The minimum atomic E-state index is -0.959. The lowest BCUT2D eigenvalue weighted by Crippen LogP contribution is -2.54. The summed E-state index contributed by atoms with van der Waals surface area (Å²) in [6.07, 6.45) is 0.546. The third-order valence-electron chi connectivity index (χ3n) is 3.19. The predicted molar refractivity (Wildman–Crippen MR) is 69.6 cm³/mol. The molecule has 17 heavy (non-hydrogen) atoms. The second-order valence-electron chi connectivity index (χ2n) is 4.97. The average Bonchev–Trinajstić information content (AvgIpc) is 2.17. The van der Waals surface area contributed by atoms with Crippen molar-refractivity contribution in [2.75, 3.05) is 20.3 Å². The van der Waals surface area contributed by atoms with Gasteiger partial charge in [0.15, 0.2) is 0 Å². The molecule has 5 heteroatoms. The van der Waals surface area contributed by atoms with Crippen molar-refractivity contribution >= 4 is 5.91 Å². The quantitative estimate of drug-likeness (QED) is 0.645. The number of amides is 1. The number of nitrogens with two attached hydrogens (primary N) is 2. The Balaban J connectivity index is 4.54. The Kier molecular flexibility index (Phi) is 6.67. The maximum atomic E-state index is 11.2. The number of likely N-dealkylation sites (N-methyl/N-ethyl adjacent to an activating group) is 1. The summed E-state index contributed by atoms with van der Waals surface area (Å²) >= 11 is 0. The zero-order valence-electron chi connectivity index (χ0n) is 11.7. The molecule has 3 unspecified atom stereocenters. The van der Waals surface area contributed by atoms with Crippen LogP contribution in [0.1, 0.15) is 34.1 Å². The number of methoxy groups -OCH3 is 1. The highest BCUT2D eigenvalue weighted by Gasteiger charge is 2.31. The summed E-state index contributed by atoms with van der Waals surface area (Å²) in [6, 6.07) is 0.483. The van der Waals surface area contributed by atoms with Gasteiger partial charge in [0, 0.05) is 19.2 Å². The molecular formula is C12H27N3O2. The van der Waals surface area contributed by atoms with E-state index in [1.54, 1.807) is 14.0 Å². The van der Waals surface area contributed by atoms with Gasteiger partial charge in [-0.1, -0.05) is 6.92 Å². The topological polar surface area (TPSA) is 81.6 Å². The summed E-state index contributed by atoms with van der Waals surface area (Å²) in [5.41, 5.74) is 10.2. The molecule has 5 nitrogen and oxygen atoms in total. The van der Waals surface area contributed by atoms with E-state index < -0.39 is 11.4 Å². The molecule has 3 atom stereocenters. The van der Waals surface area contributed by atoms with Gasteiger partial charge in [-0.25, -0.2) is 0 Å². The lowest BCUT2D eigenvalue weighted by molar-refractivity contribution is -0.123. The number of primary amides is 1. The largest absolute Gasteiger partial charge is 0.383 e. The molecule has 0 saturated carbocycles. The summed E-state index contributed by atoms with van der Waals surface area (Å²) in [5, 5.41) is 0. The summed E-state index contributed by atoms with van der Waals surface area (Å²) in [6.45, 7) is 9.48. The number of hydrogen-bond acceptors (Lipinski definition) is 4. The van der Waals surface area contributed by atoms with Crippen LogP contribution in [0.3, 0.4) is 0 Å². The molecule has 0 aliphatic rings. The molecule has 0 aliphatic heterocycles. The molecule has 0 bridgehead atoms. The van der Waals surface area contributed by atoms with E-state index >= 15 is 0 Å². The van der Waals surface area contributed by atoms with Gasteiger partial charge in [0.05, 0.1) is 12.1 Å². The maximum Gasteiger partial charge on any atom is 0.237 e. The van der Waals surface area contributed by atoms with Gasteiger partial charge in [-0.2, -0.15) is 0 Å². The highest BCUT2D eigenvalue weighted by molar-refractivity contribution is 5.83. The molecule has 1 amide bonds. The van der Waals surface area contributed by atoms with Crippen LogP contribution in [-0.2, 0) is 9.53 Å². The van der Waals surface area contributed by atoms with Gasteiger partial charge >= 0.3 is 0 Å². The smallest absolute Gasteiger partial charge is 0.237 e. The predicted octanol–water partition coefficient (Wildman–Crippen LogP) is 0.325. The summed E-state index contributed by atoms with van der Waals surface area (Å²) < 4.78 is 5.15. The van der Waals surface area contributed by atoms with Crippen LogP contribution in [-0.4, -0.2) is 48.7 Å². The lowest BCUT2D eigenvalue weighted by atomic mass is 9.93. The van der Waals surface area contributed by atoms with E-state index in [9.17, 15) is 4.79 Å². The van der Waals surface area contributed by atoms with E-state index in [1.807, 2.05) is 0 Å². The van der Waals surface area contributed by atoms with E-state index in [4.69, 9.17) is 16.2 Å². The van der Waals surface area contributed by atoms with Crippen LogP contribution in [0.25, 0.3) is 0 Å². The van der Waals surface area contributed by atoms with Crippen LogP contribution in [0.15, 0.2) is 0 Å². The fourth-order valence-electron chi connectivity index (χ4n) is 2.23. The molecule has 0 fully saturated rings. The molecule has 0 aliphatic carbocycles. The van der Waals surface area contributed by atoms with E-state index in [0.717, 1.165) is 6.54 Å². The highest BCUT2D eigenvalue weighted by atomic mass is 16.5. The number of hydrogen-bond donors (Lipinski definition) is 2. The molecule has 0 aromatic heterocycles. The lowest BCUT2D eigenvalue weighted by Gasteiger charge is -2.36. The number of carbonyl (C=O) groups excluding carboxylic acids is 1. The van der Waals surface area contributed by atoms with Crippen molar-refractivity contribution in [3.8, 4) is 0 Å². The first-order valence-electron chi connectivity index (χ1n) is 6.09. The van der Waals surface area contributed by atoms with Crippen molar-refractivity contribution in [2.24, 2.45) is 11.5 Å². The first-order valence-corrected chi connectivity index (χ1v) is 6.09. The van der Waals surface area contributed by atoms with Crippen molar-refractivity contribution in [2.45, 2.75) is 51.7 Å². The normalized spacial score (nSPS) is 18.8. The Labute approximate surface area is 104 Å². The van der Waals surface area contributed by atoms with E-state index in [2.05, 4.69) is 25.7 Å². The summed E-state index contributed by atoms with van der Waals surface area (Å²) in [4.78, 5) is 13.5. The molecule has 0 heterocycles. The van der Waals surface area contributed by atoms with E-state index in [1.165, 1.54) is 0 Å². The minimum absolute atomic E-state index is 0.188. The Hall–Kier alpha value is -0.650. The Morgan fingerprint density at radius 1 is 1.41 bits per heavy atom. The summed E-state index contributed by atoms with van der Waals surface area (Å²) in [5.74, 6) is -0.459. The van der Waals surface area contributed by atoms with Crippen molar-refractivity contribution in [1.29, 1.82) is 0 Å². The van der Waals surface area contributed by atoms with Crippen molar-refractivity contribution in [1.82, 2.24) is 4.90 Å². The molecular weight excluding hydrogens is 218 g/mol. The molecule has 102 valence electrons. The Morgan fingerprint density at radius 3 is 2.29 bits per heavy atom. The number of rotatable bonds is 8. The van der Waals surface area contributed by atoms with Gasteiger partial charge in [-0.05, 0) is 33.7 Å². The molecule has 0 aromatic rings. The van der Waals surface area contributed by atoms with Gasteiger partial charge in [-0.15, -0.1) is 0 Å². The Morgan fingerprint density at radius 2 is 1.94 bits per heavy atom. The second kappa shape index (κ2) is 6.93. The first kappa shape index (κ1) is 16.4. The van der Waals surface area contributed by atoms with Gasteiger partial charge in [0.25, 0.3) is 0 Å². The van der Waals surface area contributed by atoms with Crippen LogP contribution in [0.2, 0.25) is 0 Å². The Bertz CT molecular complexity index is 244. The first-order chi connectivity index (χ1) is 7.76. The standard InChI is InChI=1S/C12H27N3O2/c1-6-15(10(3)8-17-5)9(2)7-12(4,14)11(13)16/h9-10H,6-8,14H2,1-5H3,(H2,13,16). The number of ether oxygens (including phenoxy) is 1. The fraction of sp³-hybridized carbons (Fsp3) is 0.917. The monoisotopic (exact) mass is 245 g/mol. The fourth-order valence-corrected chi connectivity index (χ4v) is 2.23. The molecule has 0 aromatic carbocycles. The van der Waals surface area contributed by atoms with Gasteiger partial charge in [0.2, 0.25) is 5.91 Å². The van der Waals surface area contributed by atoms with Crippen LogP contribution in [0.5, 0.6) is 0 Å². The molecule has 0 saturated heterocycles. The SMILES string of the molecule is CCN(C(C)COC)C(C)CC(C)(N)C(N)=O. The van der Waals surface area contributed by atoms with Gasteiger partial charge < -0.3 is 16.2 Å². The number of nitrogens with zero attached hydrogens (tertiary/aromatic N) is 1. The number of carbonyl (C=O) groups is 1.